The fourth-order valence-corrected chi connectivity index (χ4v) is 4.44. The van der Waals surface area contributed by atoms with Crippen molar-refractivity contribution in [2.24, 2.45) is 5.92 Å². The van der Waals surface area contributed by atoms with Gasteiger partial charge in [-0.2, -0.15) is 17.5 Å². The molecule has 1 saturated heterocycles. The number of hydrogen-bond donors (Lipinski definition) is 0. The van der Waals surface area contributed by atoms with Crippen molar-refractivity contribution in [2.45, 2.75) is 37.8 Å². The molecule has 10 heteroatoms. The fourth-order valence-electron chi connectivity index (χ4n) is 2.69. The maximum absolute atomic E-state index is 12.9. The third kappa shape index (κ3) is 3.54. The van der Waals surface area contributed by atoms with Crippen LogP contribution >= 0.6 is 0 Å². The maximum atomic E-state index is 12.9. The molecule has 0 amide bonds. The lowest BCUT2D eigenvalue weighted by molar-refractivity contribution is -0.387. The summed E-state index contributed by atoms with van der Waals surface area (Å²) >= 11 is 0. The molecule has 0 aromatic heterocycles. The number of nitrogens with zero attached hydrogens (tertiary/aromatic N) is 2. The van der Waals surface area contributed by atoms with Crippen molar-refractivity contribution < 1.29 is 26.5 Å². The monoisotopic (exact) mass is 366 g/mol. The molecule has 0 radical (unpaired) electrons. The first-order chi connectivity index (χ1) is 10.9. The van der Waals surface area contributed by atoms with Gasteiger partial charge in [-0.1, -0.05) is 0 Å². The lowest BCUT2D eigenvalue weighted by Crippen LogP contribution is -2.44. The van der Waals surface area contributed by atoms with Crippen LogP contribution in [0, 0.1) is 29.9 Å². The number of sulfonamides is 1. The van der Waals surface area contributed by atoms with Crippen LogP contribution in [0.2, 0.25) is 0 Å². The molecule has 0 aliphatic carbocycles. The van der Waals surface area contributed by atoms with Gasteiger partial charge in [0.25, 0.3) is 5.69 Å². The van der Waals surface area contributed by atoms with E-state index in [-0.39, 0.29) is 19.4 Å². The summed E-state index contributed by atoms with van der Waals surface area (Å²) < 4.78 is 64.8. The van der Waals surface area contributed by atoms with Crippen LogP contribution in [0.3, 0.4) is 0 Å². The smallest absolute Gasteiger partial charge is 0.258 e. The molecule has 1 aromatic carbocycles. The lowest BCUT2D eigenvalue weighted by Gasteiger charge is -2.32. The number of piperidine rings is 1. The van der Waals surface area contributed by atoms with Gasteiger partial charge in [0, 0.05) is 19.2 Å². The molecule has 1 atom stereocenters. The zero-order chi connectivity index (χ0) is 18.3. The SMILES string of the molecule is Cc1cc([N+](=O)[O-])c(S(=O)(=O)N2CCC[C@H](C(F)(F)F)C2)cc1C. The third-order valence-electron chi connectivity index (χ3n) is 4.24. The Labute approximate surface area is 137 Å². The lowest BCUT2D eigenvalue weighted by atomic mass is 9.99. The number of rotatable bonds is 3. The van der Waals surface area contributed by atoms with Gasteiger partial charge >= 0.3 is 6.18 Å². The molecule has 1 aliphatic heterocycles. The summed E-state index contributed by atoms with van der Waals surface area (Å²) in [4.78, 5) is 9.80. The van der Waals surface area contributed by atoms with E-state index in [9.17, 15) is 31.7 Å². The number of nitro groups is 1. The van der Waals surface area contributed by atoms with Crippen molar-refractivity contribution in [2.75, 3.05) is 13.1 Å². The Morgan fingerprint density at radius 2 is 1.83 bits per heavy atom. The molecule has 0 bridgehead atoms. The highest BCUT2D eigenvalue weighted by molar-refractivity contribution is 7.89. The molecule has 1 heterocycles. The summed E-state index contributed by atoms with van der Waals surface area (Å²) in [7, 11) is -4.38. The van der Waals surface area contributed by atoms with Crippen LogP contribution in [0.4, 0.5) is 18.9 Å². The second-order valence-corrected chi connectivity index (χ2v) is 7.81. The van der Waals surface area contributed by atoms with Crippen molar-refractivity contribution in [3.63, 3.8) is 0 Å². The molecular formula is C14H17F3N2O4S. The molecular weight excluding hydrogens is 349 g/mol. The summed E-state index contributed by atoms with van der Waals surface area (Å²) in [6.45, 7) is 2.39. The maximum Gasteiger partial charge on any atom is 0.393 e. The van der Waals surface area contributed by atoms with Crippen molar-refractivity contribution in [1.82, 2.24) is 4.31 Å². The Bertz CT molecular complexity index is 762. The molecule has 24 heavy (non-hydrogen) atoms. The van der Waals surface area contributed by atoms with Crippen LogP contribution in [0.15, 0.2) is 17.0 Å². The summed E-state index contributed by atoms with van der Waals surface area (Å²) in [5.74, 6) is -1.76. The van der Waals surface area contributed by atoms with E-state index in [0.717, 1.165) is 12.1 Å². The average molecular weight is 366 g/mol. The minimum atomic E-state index is -4.50. The van der Waals surface area contributed by atoms with Gasteiger partial charge in [0.15, 0.2) is 4.90 Å². The van der Waals surface area contributed by atoms with Gasteiger partial charge in [0.2, 0.25) is 10.0 Å². The molecule has 6 nitrogen and oxygen atoms in total. The van der Waals surface area contributed by atoms with Gasteiger partial charge in [-0.15, -0.1) is 0 Å². The average Bonchev–Trinajstić information content (AvgIpc) is 2.48. The summed E-state index contributed by atoms with van der Waals surface area (Å²) in [6.07, 6.45) is -4.59. The van der Waals surface area contributed by atoms with Gasteiger partial charge in [0.05, 0.1) is 10.8 Å². The van der Waals surface area contributed by atoms with Crippen LogP contribution < -0.4 is 0 Å². The predicted molar refractivity (Wildman–Crippen MR) is 80.1 cm³/mol. The predicted octanol–water partition coefficient (Wildman–Crippen LogP) is 3.17. The van der Waals surface area contributed by atoms with Gasteiger partial charge < -0.3 is 0 Å². The van der Waals surface area contributed by atoms with Crippen LogP contribution in [-0.2, 0) is 10.0 Å². The highest BCUT2D eigenvalue weighted by Gasteiger charge is 2.45. The summed E-state index contributed by atoms with van der Waals surface area (Å²) in [5, 5.41) is 11.2. The van der Waals surface area contributed by atoms with Crippen molar-refractivity contribution in [3.8, 4) is 0 Å². The van der Waals surface area contributed by atoms with E-state index in [4.69, 9.17) is 0 Å². The quantitative estimate of drug-likeness (QED) is 0.608. The van der Waals surface area contributed by atoms with Crippen LogP contribution in [-0.4, -0.2) is 36.9 Å². The second-order valence-electron chi connectivity index (χ2n) is 5.91. The largest absolute Gasteiger partial charge is 0.393 e. The van der Waals surface area contributed by atoms with E-state index >= 15 is 0 Å². The Balaban J connectivity index is 2.47. The van der Waals surface area contributed by atoms with E-state index < -0.39 is 44.2 Å². The number of benzene rings is 1. The first kappa shape index (κ1) is 18.7. The van der Waals surface area contributed by atoms with Crippen molar-refractivity contribution >= 4 is 15.7 Å². The van der Waals surface area contributed by atoms with Crippen molar-refractivity contribution in [1.29, 1.82) is 0 Å². The summed E-state index contributed by atoms with van der Waals surface area (Å²) in [6, 6.07) is 2.29. The molecule has 1 aromatic rings. The topological polar surface area (TPSA) is 80.5 Å². The van der Waals surface area contributed by atoms with Crippen LogP contribution in [0.25, 0.3) is 0 Å². The molecule has 0 N–H and O–H groups in total. The minimum absolute atomic E-state index is 0.0576. The van der Waals surface area contributed by atoms with Crippen molar-refractivity contribution in [3.05, 3.63) is 33.4 Å². The van der Waals surface area contributed by atoms with E-state index in [2.05, 4.69) is 0 Å². The summed E-state index contributed by atoms with van der Waals surface area (Å²) in [5.41, 5.74) is 0.434. The van der Waals surface area contributed by atoms with E-state index in [1.165, 1.54) is 0 Å². The Morgan fingerprint density at radius 3 is 2.38 bits per heavy atom. The molecule has 0 spiro atoms. The van der Waals surface area contributed by atoms with Gasteiger partial charge in [0.1, 0.15) is 0 Å². The normalized spacial score (nSPS) is 20.1. The third-order valence-corrected chi connectivity index (χ3v) is 6.13. The zero-order valence-corrected chi connectivity index (χ0v) is 13.9. The first-order valence-corrected chi connectivity index (χ1v) is 8.71. The van der Waals surface area contributed by atoms with E-state index in [1.54, 1.807) is 13.8 Å². The van der Waals surface area contributed by atoms with Crippen LogP contribution in [0.5, 0.6) is 0 Å². The highest BCUT2D eigenvalue weighted by atomic mass is 32.2. The van der Waals surface area contributed by atoms with Gasteiger partial charge in [-0.05, 0) is 43.9 Å². The number of aryl methyl sites for hydroxylation is 2. The second kappa shape index (κ2) is 6.32. The Kier molecular flexibility index (Phi) is 4.91. The molecule has 1 aliphatic rings. The number of hydrogen-bond acceptors (Lipinski definition) is 4. The van der Waals surface area contributed by atoms with Gasteiger partial charge in [-0.3, -0.25) is 10.1 Å². The van der Waals surface area contributed by atoms with Gasteiger partial charge in [-0.25, -0.2) is 8.42 Å². The van der Waals surface area contributed by atoms with E-state index in [1.807, 2.05) is 0 Å². The molecule has 0 unspecified atom stereocenters. The number of alkyl halides is 3. The minimum Gasteiger partial charge on any atom is -0.258 e. The van der Waals surface area contributed by atoms with Crippen LogP contribution in [0.1, 0.15) is 24.0 Å². The molecule has 0 saturated carbocycles. The van der Waals surface area contributed by atoms with E-state index in [0.29, 0.717) is 15.4 Å². The Hall–Kier alpha value is -1.68. The Morgan fingerprint density at radius 1 is 1.25 bits per heavy atom. The molecule has 134 valence electrons. The first-order valence-electron chi connectivity index (χ1n) is 7.27. The number of halogens is 3. The number of nitro benzene ring substituents is 1. The molecule has 2 rings (SSSR count). The standard InChI is InChI=1S/C14H17F3N2O4S/c1-9-6-12(19(20)21)13(7-10(9)2)24(22,23)18-5-3-4-11(8-18)14(15,16)17/h6-7,11H,3-5,8H2,1-2H3/t11-/m0/s1. The fraction of sp³-hybridized carbons (Fsp3) is 0.571. The zero-order valence-electron chi connectivity index (χ0n) is 13.1. The highest BCUT2D eigenvalue weighted by Crippen LogP contribution is 2.37. The molecule has 1 fully saturated rings.